The number of ether oxygens (including phenoxy) is 1. The van der Waals surface area contributed by atoms with Crippen LogP contribution in [0.1, 0.15) is 25.3 Å². The fourth-order valence-corrected chi connectivity index (χ4v) is 4.75. The lowest BCUT2D eigenvalue weighted by Gasteiger charge is -2.31. The molecule has 0 radical (unpaired) electrons. The van der Waals surface area contributed by atoms with Gasteiger partial charge in [-0.2, -0.15) is 9.52 Å². The highest BCUT2D eigenvalue weighted by molar-refractivity contribution is 7.89. The Morgan fingerprint density at radius 3 is 2.80 bits per heavy atom. The molecule has 1 unspecified atom stereocenters. The molecular formula is C18H20FN7O3S. The predicted octanol–water partition coefficient (Wildman–Crippen LogP) is 1.59. The van der Waals surface area contributed by atoms with Crippen LogP contribution in [0.15, 0.2) is 35.5 Å². The van der Waals surface area contributed by atoms with Crippen LogP contribution in [0.2, 0.25) is 0 Å². The van der Waals surface area contributed by atoms with E-state index in [1.165, 1.54) is 16.4 Å². The molecule has 0 aliphatic carbocycles. The zero-order valence-electron chi connectivity index (χ0n) is 16.2. The number of hydrogen-bond acceptors (Lipinski definition) is 8. The first-order chi connectivity index (χ1) is 14.5. The molecule has 0 spiro atoms. The number of nitrogens with zero attached hydrogens (tertiary/aromatic N) is 6. The van der Waals surface area contributed by atoms with E-state index in [1.807, 2.05) is 6.92 Å². The molecule has 1 atom stereocenters. The van der Waals surface area contributed by atoms with Crippen LogP contribution in [-0.2, 0) is 16.4 Å². The Balaban J connectivity index is 1.53. The molecule has 0 amide bonds. The van der Waals surface area contributed by atoms with Crippen molar-refractivity contribution in [1.29, 1.82) is 0 Å². The maximum Gasteiger partial charge on any atom is 0.316 e. The highest BCUT2D eigenvalue weighted by atomic mass is 32.2. The molecule has 1 fully saturated rings. The minimum absolute atomic E-state index is 0.0166. The number of tetrazole rings is 1. The SMILES string of the molecule is CCc1cnc(OC2CCCN(S(=O)(=O)c3ccc(F)c(-c4nn[nH]n4)c3)C2)nc1. The number of aryl methyl sites for hydroxylation is 1. The molecule has 0 bridgehead atoms. The summed E-state index contributed by atoms with van der Waals surface area (Å²) in [4.78, 5) is 8.30. The Morgan fingerprint density at radius 1 is 1.30 bits per heavy atom. The molecule has 3 aromatic rings. The van der Waals surface area contributed by atoms with Crippen molar-refractivity contribution in [3.8, 4) is 17.4 Å². The molecule has 10 nitrogen and oxygen atoms in total. The van der Waals surface area contributed by atoms with Crippen LogP contribution < -0.4 is 4.74 Å². The summed E-state index contributed by atoms with van der Waals surface area (Å²) in [6.45, 7) is 2.49. The monoisotopic (exact) mass is 433 g/mol. The number of piperidine rings is 1. The van der Waals surface area contributed by atoms with Gasteiger partial charge in [-0.25, -0.2) is 22.8 Å². The molecule has 158 valence electrons. The molecule has 4 rings (SSSR count). The number of benzene rings is 1. The van der Waals surface area contributed by atoms with Gasteiger partial charge < -0.3 is 4.74 Å². The molecule has 1 aliphatic rings. The Hall–Kier alpha value is -2.99. The quantitative estimate of drug-likeness (QED) is 0.621. The minimum atomic E-state index is -3.87. The largest absolute Gasteiger partial charge is 0.459 e. The normalized spacial score (nSPS) is 17.7. The Kier molecular flexibility index (Phi) is 5.68. The standard InChI is InChI=1S/C18H20FN7O3S/c1-2-12-9-20-18(21-10-12)29-13-4-3-7-26(11-13)30(27,28)14-5-6-16(19)15(8-14)17-22-24-25-23-17/h5-6,8-10,13H,2-4,7,11H2,1H3,(H,22,23,24,25). The Morgan fingerprint density at radius 2 is 2.10 bits per heavy atom. The first kappa shape index (κ1) is 20.3. The zero-order valence-corrected chi connectivity index (χ0v) is 17.0. The molecule has 1 N–H and O–H groups in total. The van der Waals surface area contributed by atoms with Crippen molar-refractivity contribution in [3.63, 3.8) is 0 Å². The molecular weight excluding hydrogens is 413 g/mol. The number of rotatable bonds is 6. The lowest BCUT2D eigenvalue weighted by Crippen LogP contribution is -2.44. The van der Waals surface area contributed by atoms with Gasteiger partial charge in [-0.3, -0.25) is 0 Å². The van der Waals surface area contributed by atoms with Crippen molar-refractivity contribution < 1.29 is 17.5 Å². The van der Waals surface area contributed by atoms with Crippen LogP contribution in [0.4, 0.5) is 4.39 Å². The molecule has 30 heavy (non-hydrogen) atoms. The van der Waals surface area contributed by atoms with Crippen LogP contribution in [0, 0.1) is 5.82 Å². The molecule has 12 heteroatoms. The van der Waals surface area contributed by atoms with E-state index >= 15 is 0 Å². The lowest BCUT2D eigenvalue weighted by molar-refractivity contribution is 0.119. The van der Waals surface area contributed by atoms with Gasteiger partial charge in [0.2, 0.25) is 15.8 Å². The zero-order chi connectivity index (χ0) is 21.1. The summed E-state index contributed by atoms with van der Waals surface area (Å²) in [5, 5.41) is 13.1. The van der Waals surface area contributed by atoms with E-state index in [0.29, 0.717) is 19.4 Å². The van der Waals surface area contributed by atoms with Crippen LogP contribution in [0.5, 0.6) is 6.01 Å². The fourth-order valence-electron chi connectivity index (χ4n) is 3.22. The summed E-state index contributed by atoms with van der Waals surface area (Å²) in [7, 11) is -3.87. The van der Waals surface area contributed by atoms with Gasteiger partial charge in [-0.15, -0.1) is 10.2 Å². The highest BCUT2D eigenvalue weighted by Crippen LogP contribution is 2.27. The third kappa shape index (κ3) is 4.14. The average Bonchev–Trinajstić information content (AvgIpc) is 3.29. The van der Waals surface area contributed by atoms with Gasteiger partial charge in [0.25, 0.3) is 0 Å². The van der Waals surface area contributed by atoms with E-state index < -0.39 is 15.8 Å². The number of halogens is 1. The van der Waals surface area contributed by atoms with Gasteiger partial charge >= 0.3 is 6.01 Å². The molecule has 1 aromatic carbocycles. The third-order valence-corrected chi connectivity index (χ3v) is 6.73. The summed E-state index contributed by atoms with van der Waals surface area (Å²) in [5.74, 6) is -0.653. The Labute approximate surface area is 172 Å². The van der Waals surface area contributed by atoms with E-state index in [2.05, 4.69) is 30.6 Å². The molecule has 0 saturated carbocycles. The van der Waals surface area contributed by atoms with Crippen LogP contribution in [0.25, 0.3) is 11.4 Å². The first-order valence-electron chi connectivity index (χ1n) is 9.48. The maximum atomic E-state index is 14.2. The van der Waals surface area contributed by atoms with Crippen molar-refractivity contribution in [3.05, 3.63) is 42.0 Å². The number of aromatic amines is 1. The van der Waals surface area contributed by atoms with E-state index in [0.717, 1.165) is 18.1 Å². The first-order valence-corrected chi connectivity index (χ1v) is 10.9. The fraction of sp³-hybridized carbons (Fsp3) is 0.389. The number of aromatic nitrogens is 6. The van der Waals surface area contributed by atoms with Crippen molar-refractivity contribution in [2.24, 2.45) is 0 Å². The van der Waals surface area contributed by atoms with Crippen LogP contribution in [0.3, 0.4) is 0 Å². The van der Waals surface area contributed by atoms with Crippen molar-refractivity contribution in [2.45, 2.75) is 37.2 Å². The molecule has 1 aliphatic heterocycles. The third-order valence-electron chi connectivity index (χ3n) is 4.86. The van der Waals surface area contributed by atoms with Crippen LogP contribution in [-0.4, -0.2) is 62.5 Å². The smallest absolute Gasteiger partial charge is 0.316 e. The van der Waals surface area contributed by atoms with Crippen molar-refractivity contribution in [2.75, 3.05) is 13.1 Å². The van der Waals surface area contributed by atoms with E-state index in [9.17, 15) is 12.8 Å². The lowest BCUT2D eigenvalue weighted by atomic mass is 10.1. The summed E-state index contributed by atoms with van der Waals surface area (Å²) >= 11 is 0. The number of sulfonamides is 1. The second kappa shape index (κ2) is 8.40. The molecule has 3 heterocycles. The van der Waals surface area contributed by atoms with Gasteiger partial charge in [0.15, 0.2) is 0 Å². The second-order valence-corrected chi connectivity index (χ2v) is 8.79. The van der Waals surface area contributed by atoms with Gasteiger partial charge in [-0.1, -0.05) is 6.92 Å². The minimum Gasteiger partial charge on any atom is -0.459 e. The Bertz CT molecular complexity index is 1110. The van der Waals surface area contributed by atoms with Crippen LogP contribution >= 0.6 is 0 Å². The number of hydrogen-bond donors (Lipinski definition) is 1. The number of H-pyrrole nitrogens is 1. The molecule has 2 aromatic heterocycles. The van der Waals surface area contributed by atoms with Crippen molar-refractivity contribution in [1.82, 2.24) is 34.9 Å². The van der Waals surface area contributed by atoms with Gasteiger partial charge in [0.1, 0.15) is 11.9 Å². The summed E-state index contributed by atoms with van der Waals surface area (Å²) in [6.07, 6.45) is 5.13. The maximum absolute atomic E-state index is 14.2. The van der Waals surface area contributed by atoms with Gasteiger partial charge in [-0.05, 0) is 48.2 Å². The number of nitrogens with one attached hydrogen (secondary N) is 1. The average molecular weight is 433 g/mol. The summed E-state index contributed by atoms with van der Waals surface area (Å²) < 4.78 is 47.6. The summed E-state index contributed by atoms with van der Waals surface area (Å²) in [6, 6.07) is 3.75. The van der Waals surface area contributed by atoms with E-state index in [4.69, 9.17) is 4.74 Å². The van der Waals surface area contributed by atoms with E-state index in [-0.39, 0.29) is 34.9 Å². The predicted molar refractivity (Wildman–Crippen MR) is 103 cm³/mol. The topological polar surface area (TPSA) is 127 Å². The van der Waals surface area contributed by atoms with Gasteiger partial charge in [0, 0.05) is 18.9 Å². The molecule has 1 saturated heterocycles. The summed E-state index contributed by atoms with van der Waals surface area (Å²) in [5.41, 5.74) is 0.947. The van der Waals surface area contributed by atoms with Crippen molar-refractivity contribution >= 4 is 10.0 Å². The highest BCUT2D eigenvalue weighted by Gasteiger charge is 2.32. The van der Waals surface area contributed by atoms with Gasteiger partial charge in [0.05, 0.1) is 17.0 Å². The van der Waals surface area contributed by atoms with E-state index in [1.54, 1.807) is 12.4 Å². The second-order valence-electron chi connectivity index (χ2n) is 6.85.